The lowest BCUT2D eigenvalue weighted by atomic mass is 10.1. The van der Waals surface area contributed by atoms with Gasteiger partial charge in [-0.05, 0) is 24.1 Å². The highest BCUT2D eigenvalue weighted by Gasteiger charge is 2.32. The number of pyridine rings is 1. The van der Waals surface area contributed by atoms with E-state index in [4.69, 9.17) is 11.6 Å². The number of aryl methyl sites for hydroxylation is 1. The van der Waals surface area contributed by atoms with Crippen molar-refractivity contribution in [1.82, 2.24) is 4.57 Å². The molecule has 2 aromatic rings. The lowest BCUT2D eigenvalue weighted by Gasteiger charge is -2.13. The summed E-state index contributed by atoms with van der Waals surface area (Å²) < 4.78 is 39.0. The number of benzene rings is 1. The molecule has 0 bridgehead atoms. The monoisotopic (exact) mass is 358 g/mol. The summed E-state index contributed by atoms with van der Waals surface area (Å²) >= 11 is 5.55. The first kappa shape index (κ1) is 18.1. The van der Waals surface area contributed by atoms with Crippen LogP contribution in [0.2, 0.25) is 5.02 Å². The minimum atomic E-state index is -4.66. The summed E-state index contributed by atoms with van der Waals surface area (Å²) in [6, 6.07) is 7.58. The first-order chi connectivity index (χ1) is 11.2. The van der Waals surface area contributed by atoms with Crippen molar-refractivity contribution in [2.75, 3.05) is 5.32 Å². The van der Waals surface area contributed by atoms with Gasteiger partial charge in [-0.2, -0.15) is 13.2 Å². The number of aromatic nitrogens is 1. The van der Waals surface area contributed by atoms with E-state index in [2.05, 4.69) is 5.32 Å². The fraction of sp³-hybridized carbons (Fsp3) is 0.250. The Kier molecular flexibility index (Phi) is 5.33. The molecule has 24 heavy (non-hydrogen) atoms. The SMILES string of the molecule is CCc1ccccc1NC(=O)Cn1cc(C(F)(F)F)cc(Cl)c1=O. The molecule has 8 heteroatoms. The van der Waals surface area contributed by atoms with Crippen molar-refractivity contribution in [2.24, 2.45) is 0 Å². The van der Waals surface area contributed by atoms with Crippen LogP contribution in [0.25, 0.3) is 0 Å². The van der Waals surface area contributed by atoms with Crippen LogP contribution in [0.15, 0.2) is 41.3 Å². The normalized spacial score (nSPS) is 11.4. The molecule has 128 valence electrons. The number of halogens is 4. The number of carbonyl (C=O) groups excluding carboxylic acids is 1. The molecule has 0 saturated heterocycles. The van der Waals surface area contributed by atoms with Crippen molar-refractivity contribution in [3.63, 3.8) is 0 Å². The molecule has 0 aliphatic carbocycles. The Morgan fingerprint density at radius 3 is 2.58 bits per heavy atom. The fourth-order valence-corrected chi connectivity index (χ4v) is 2.39. The second-order valence-corrected chi connectivity index (χ2v) is 5.47. The number of carbonyl (C=O) groups is 1. The maximum Gasteiger partial charge on any atom is 0.417 e. The van der Waals surface area contributed by atoms with Crippen LogP contribution in [0.1, 0.15) is 18.1 Å². The van der Waals surface area contributed by atoms with E-state index in [0.29, 0.717) is 28.9 Å². The van der Waals surface area contributed by atoms with Crippen molar-refractivity contribution in [3.8, 4) is 0 Å². The van der Waals surface area contributed by atoms with E-state index in [0.717, 1.165) is 5.56 Å². The van der Waals surface area contributed by atoms with Crippen molar-refractivity contribution >= 4 is 23.2 Å². The molecule has 0 fully saturated rings. The first-order valence-corrected chi connectivity index (χ1v) is 7.45. The van der Waals surface area contributed by atoms with E-state index in [1.165, 1.54) is 0 Å². The van der Waals surface area contributed by atoms with Crippen molar-refractivity contribution < 1.29 is 18.0 Å². The maximum absolute atomic E-state index is 12.8. The van der Waals surface area contributed by atoms with Crippen LogP contribution >= 0.6 is 11.6 Å². The van der Waals surface area contributed by atoms with Gasteiger partial charge in [-0.3, -0.25) is 9.59 Å². The molecule has 2 rings (SSSR count). The molecule has 0 aliphatic heterocycles. The zero-order chi connectivity index (χ0) is 17.9. The third kappa shape index (κ3) is 4.17. The summed E-state index contributed by atoms with van der Waals surface area (Å²) in [4.78, 5) is 23.9. The Hall–Kier alpha value is -2.28. The number of anilines is 1. The largest absolute Gasteiger partial charge is 0.417 e. The van der Waals surface area contributed by atoms with Gasteiger partial charge >= 0.3 is 6.18 Å². The van der Waals surface area contributed by atoms with E-state index >= 15 is 0 Å². The van der Waals surface area contributed by atoms with E-state index in [9.17, 15) is 22.8 Å². The standard InChI is InChI=1S/C16H14ClF3N2O2/c1-2-10-5-3-4-6-13(10)21-14(23)9-22-8-11(16(18,19)20)7-12(17)15(22)24/h3-8H,2,9H2,1H3,(H,21,23). The van der Waals surface area contributed by atoms with Gasteiger partial charge in [0.2, 0.25) is 5.91 Å². The third-order valence-electron chi connectivity index (χ3n) is 3.36. The Morgan fingerprint density at radius 2 is 1.96 bits per heavy atom. The molecule has 0 saturated carbocycles. The quantitative estimate of drug-likeness (QED) is 0.905. The van der Waals surface area contributed by atoms with E-state index < -0.39 is 34.8 Å². The van der Waals surface area contributed by atoms with Gasteiger partial charge in [0.05, 0.1) is 5.56 Å². The summed E-state index contributed by atoms with van der Waals surface area (Å²) in [5.74, 6) is -0.617. The molecule has 0 atom stereocenters. The minimum absolute atomic E-state index is 0.546. The van der Waals surface area contributed by atoms with Crippen LogP contribution in [-0.4, -0.2) is 10.5 Å². The average Bonchev–Trinajstić information content (AvgIpc) is 2.51. The van der Waals surface area contributed by atoms with Gasteiger partial charge in [-0.1, -0.05) is 36.7 Å². The molecule has 1 heterocycles. The predicted octanol–water partition coefficient (Wildman–Crippen LogP) is 3.72. The van der Waals surface area contributed by atoms with Crippen LogP contribution in [0.4, 0.5) is 18.9 Å². The van der Waals surface area contributed by atoms with E-state index in [1.807, 2.05) is 19.1 Å². The molecular weight excluding hydrogens is 345 g/mol. The van der Waals surface area contributed by atoms with Crippen LogP contribution in [0, 0.1) is 0 Å². The molecule has 4 nitrogen and oxygen atoms in total. The maximum atomic E-state index is 12.8. The number of amides is 1. The number of alkyl halides is 3. The predicted molar refractivity (Wildman–Crippen MR) is 85.2 cm³/mol. The van der Waals surface area contributed by atoms with E-state index in [-0.39, 0.29) is 0 Å². The van der Waals surface area contributed by atoms with Crippen LogP contribution in [0.5, 0.6) is 0 Å². The summed E-state index contributed by atoms with van der Waals surface area (Å²) in [5.41, 5.74) is -0.520. The molecule has 0 spiro atoms. The van der Waals surface area contributed by atoms with Crippen LogP contribution < -0.4 is 10.9 Å². The molecule has 1 amide bonds. The van der Waals surface area contributed by atoms with Crippen LogP contribution in [0.3, 0.4) is 0 Å². The smallest absolute Gasteiger partial charge is 0.324 e. The second kappa shape index (κ2) is 7.09. The molecular formula is C16H14ClF3N2O2. The molecule has 0 radical (unpaired) electrons. The van der Waals surface area contributed by atoms with Crippen LogP contribution in [-0.2, 0) is 23.9 Å². The Bertz CT molecular complexity index is 816. The third-order valence-corrected chi connectivity index (χ3v) is 3.63. The number of hydrogen-bond acceptors (Lipinski definition) is 2. The summed E-state index contributed by atoms with van der Waals surface area (Å²) in [6.07, 6.45) is -3.41. The summed E-state index contributed by atoms with van der Waals surface area (Å²) in [6.45, 7) is 1.34. The average molecular weight is 359 g/mol. The molecule has 0 unspecified atom stereocenters. The lowest BCUT2D eigenvalue weighted by Crippen LogP contribution is -2.29. The Labute approximate surface area is 140 Å². The number of para-hydroxylation sites is 1. The highest BCUT2D eigenvalue weighted by molar-refractivity contribution is 6.30. The van der Waals surface area contributed by atoms with Gasteiger partial charge in [0, 0.05) is 11.9 Å². The van der Waals surface area contributed by atoms with Crippen molar-refractivity contribution in [1.29, 1.82) is 0 Å². The van der Waals surface area contributed by atoms with E-state index in [1.54, 1.807) is 12.1 Å². The topological polar surface area (TPSA) is 51.1 Å². The fourth-order valence-electron chi connectivity index (χ4n) is 2.17. The van der Waals surface area contributed by atoms with Gasteiger partial charge in [-0.15, -0.1) is 0 Å². The molecule has 1 aromatic carbocycles. The Balaban J connectivity index is 2.26. The number of nitrogens with one attached hydrogen (secondary N) is 1. The van der Waals surface area contributed by atoms with Gasteiger partial charge < -0.3 is 9.88 Å². The molecule has 1 N–H and O–H groups in total. The van der Waals surface area contributed by atoms with Gasteiger partial charge in [-0.25, -0.2) is 0 Å². The zero-order valence-electron chi connectivity index (χ0n) is 12.7. The summed E-state index contributed by atoms with van der Waals surface area (Å²) in [7, 11) is 0. The second-order valence-electron chi connectivity index (χ2n) is 5.07. The van der Waals surface area contributed by atoms with Crippen molar-refractivity contribution in [3.05, 3.63) is 63.0 Å². The molecule has 1 aromatic heterocycles. The lowest BCUT2D eigenvalue weighted by molar-refractivity contribution is -0.138. The molecule has 0 aliphatic rings. The van der Waals surface area contributed by atoms with Gasteiger partial charge in [0.1, 0.15) is 11.6 Å². The highest BCUT2D eigenvalue weighted by Crippen LogP contribution is 2.29. The minimum Gasteiger partial charge on any atom is -0.324 e. The summed E-state index contributed by atoms with van der Waals surface area (Å²) in [5, 5.41) is 2.00. The van der Waals surface area contributed by atoms with Gasteiger partial charge in [0.25, 0.3) is 5.56 Å². The number of nitrogens with zero attached hydrogens (tertiary/aromatic N) is 1. The number of rotatable bonds is 4. The zero-order valence-corrected chi connectivity index (χ0v) is 13.4. The highest BCUT2D eigenvalue weighted by atomic mass is 35.5. The number of hydrogen-bond donors (Lipinski definition) is 1. The Morgan fingerprint density at radius 1 is 1.29 bits per heavy atom. The van der Waals surface area contributed by atoms with Crippen molar-refractivity contribution in [2.45, 2.75) is 26.1 Å². The first-order valence-electron chi connectivity index (χ1n) is 7.07. The van der Waals surface area contributed by atoms with Gasteiger partial charge in [0.15, 0.2) is 0 Å².